The first-order valence-electron chi connectivity index (χ1n) is 10.1. The van der Waals surface area contributed by atoms with Crippen LogP contribution in [0.25, 0.3) is 10.8 Å². The summed E-state index contributed by atoms with van der Waals surface area (Å²) in [5, 5.41) is 5.05. The quantitative estimate of drug-likeness (QED) is 0.516. The number of carbonyl (C=O) groups excluding carboxylic acids is 1. The summed E-state index contributed by atoms with van der Waals surface area (Å²) in [6.45, 7) is 7.10. The maximum Gasteiger partial charge on any atom is 0.408 e. The van der Waals surface area contributed by atoms with Gasteiger partial charge in [0.1, 0.15) is 11.4 Å². The molecule has 1 fully saturated rings. The van der Waals surface area contributed by atoms with E-state index in [-0.39, 0.29) is 11.6 Å². The maximum absolute atomic E-state index is 12.3. The Hall–Kier alpha value is -1.79. The molecule has 6 heteroatoms. The van der Waals surface area contributed by atoms with E-state index in [0.717, 1.165) is 45.8 Å². The van der Waals surface area contributed by atoms with Crippen LogP contribution in [-0.4, -0.2) is 37.6 Å². The van der Waals surface area contributed by atoms with Gasteiger partial charge in [-0.1, -0.05) is 24.3 Å². The first-order chi connectivity index (χ1) is 13.7. The Balaban J connectivity index is 1.81. The molecule has 0 atom stereocenters. The van der Waals surface area contributed by atoms with Gasteiger partial charge >= 0.3 is 6.09 Å². The molecule has 0 heterocycles. The van der Waals surface area contributed by atoms with Crippen molar-refractivity contribution in [2.24, 2.45) is 0 Å². The minimum absolute atomic E-state index is 0.320. The highest BCUT2D eigenvalue weighted by Gasteiger charge is 2.47. The van der Waals surface area contributed by atoms with Crippen molar-refractivity contribution in [3.05, 3.63) is 40.4 Å². The van der Waals surface area contributed by atoms with Crippen LogP contribution in [0.5, 0.6) is 5.75 Å². The van der Waals surface area contributed by atoms with Gasteiger partial charge in [-0.3, -0.25) is 0 Å². The molecule has 1 amide bonds. The summed E-state index contributed by atoms with van der Waals surface area (Å²) in [5.41, 5.74) is 0.333. The van der Waals surface area contributed by atoms with E-state index in [9.17, 15) is 4.79 Å². The van der Waals surface area contributed by atoms with Crippen LogP contribution in [0.15, 0.2) is 34.8 Å². The van der Waals surface area contributed by atoms with E-state index in [1.807, 2.05) is 32.9 Å². The highest BCUT2D eigenvalue weighted by atomic mass is 79.9. The number of benzene rings is 2. The monoisotopic (exact) mass is 463 g/mol. The summed E-state index contributed by atoms with van der Waals surface area (Å²) in [6, 6.07) is 10.3. The molecule has 5 nitrogen and oxygen atoms in total. The van der Waals surface area contributed by atoms with Gasteiger partial charge in [-0.05, 0) is 66.6 Å². The van der Waals surface area contributed by atoms with Crippen molar-refractivity contribution in [2.45, 2.75) is 57.6 Å². The number of rotatable bonds is 8. The topological polar surface area (TPSA) is 56.8 Å². The lowest BCUT2D eigenvalue weighted by Crippen LogP contribution is -2.43. The predicted octanol–water partition coefficient (Wildman–Crippen LogP) is 5.62. The summed E-state index contributed by atoms with van der Waals surface area (Å²) in [7, 11) is 1.69. The number of hydrogen-bond donors (Lipinski definition) is 1. The zero-order valence-corrected chi connectivity index (χ0v) is 19.2. The standard InChI is InChI=1S/C23H30BrNO4/c1-22(2,3)25-21(26)29-23(10-11-23)15-16-14-19(28-13-7-12-27-4)17-8-5-6-9-18(17)20(16)24/h5-6,8-9,14H,7,10-13,15H2,1-4H3,(H,25,26). The van der Waals surface area contributed by atoms with Gasteiger partial charge in [0.25, 0.3) is 0 Å². The molecule has 2 aromatic carbocycles. The van der Waals surface area contributed by atoms with Crippen LogP contribution in [0.2, 0.25) is 0 Å². The minimum Gasteiger partial charge on any atom is -0.493 e. The molecule has 2 aromatic rings. The Labute approximate surface area is 181 Å². The molecule has 0 aromatic heterocycles. The average molecular weight is 464 g/mol. The molecule has 0 aliphatic heterocycles. The molecule has 3 rings (SSSR count). The molecule has 0 unspecified atom stereocenters. The van der Waals surface area contributed by atoms with Crippen LogP contribution in [0.1, 0.15) is 45.6 Å². The number of halogens is 1. The lowest BCUT2D eigenvalue weighted by molar-refractivity contribution is 0.0768. The van der Waals surface area contributed by atoms with E-state index >= 15 is 0 Å². The minimum atomic E-state index is -0.437. The van der Waals surface area contributed by atoms with Crippen LogP contribution >= 0.6 is 15.9 Å². The van der Waals surface area contributed by atoms with Crippen molar-refractivity contribution in [3.63, 3.8) is 0 Å². The average Bonchev–Trinajstić information content (AvgIpc) is 3.39. The highest BCUT2D eigenvalue weighted by molar-refractivity contribution is 9.10. The molecule has 29 heavy (non-hydrogen) atoms. The fourth-order valence-electron chi connectivity index (χ4n) is 3.32. The SMILES string of the molecule is COCCCOc1cc(CC2(OC(=O)NC(C)(C)C)CC2)c(Br)c2ccccc12. The Kier molecular flexibility index (Phi) is 6.74. The number of fused-ring (bicyclic) bond motifs is 1. The van der Waals surface area contributed by atoms with Crippen molar-refractivity contribution < 1.29 is 19.0 Å². The number of hydrogen-bond acceptors (Lipinski definition) is 4. The van der Waals surface area contributed by atoms with Gasteiger partial charge < -0.3 is 19.5 Å². The second kappa shape index (κ2) is 8.92. The molecule has 1 saturated carbocycles. The van der Waals surface area contributed by atoms with Crippen molar-refractivity contribution in [2.75, 3.05) is 20.3 Å². The Morgan fingerprint density at radius 2 is 1.86 bits per heavy atom. The van der Waals surface area contributed by atoms with Crippen LogP contribution in [0, 0.1) is 0 Å². The molecule has 0 radical (unpaired) electrons. The second-order valence-corrected chi connectivity index (χ2v) is 9.51. The number of alkyl carbamates (subject to hydrolysis) is 1. The van der Waals surface area contributed by atoms with Crippen molar-refractivity contribution in [1.29, 1.82) is 0 Å². The smallest absolute Gasteiger partial charge is 0.408 e. The first kappa shape index (κ1) is 21.9. The molecule has 0 spiro atoms. The molecule has 158 valence electrons. The molecule has 0 saturated heterocycles. The zero-order valence-electron chi connectivity index (χ0n) is 17.6. The Morgan fingerprint density at radius 1 is 1.17 bits per heavy atom. The molecule has 0 bridgehead atoms. The summed E-state index contributed by atoms with van der Waals surface area (Å²) in [6.07, 6.45) is 2.87. The van der Waals surface area contributed by atoms with Crippen LogP contribution in [-0.2, 0) is 15.9 Å². The Bertz CT molecular complexity index is 871. The van der Waals surface area contributed by atoms with Gasteiger partial charge in [0, 0.05) is 42.0 Å². The molecule has 1 aliphatic rings. The molecular weight excluding hydrogens is 434 g/mol. The number of carbonyl (C=O) groups is 1. The zero-order chi connectivity index (χ0) is 21.1. The van der Waals surface area contributed by atoms with Crippen molar-refractivity contribution in [3.8, 4) is 5.75 Å². The Morgan fingerprint density at radius 3 is 2.48 bits per heavy atom. The largest absolute Gasteiger partial charge is 0.493 e. The van der Waals surface area contributed by atoms with Crippen LogP contribution in [0.3, 0.4) is 0 Å². The van der Waals surface area contributed by atoms with Crippen molar-refractivity contribution in [1.82, 2.24) is 5.32 Å². The lowest BCUT2D eigenvalue weighted by Gasteiger charge is -2.24. The normalized spacial score (nSPS) is 15.2. The molecule has 1 N–H and O–H groups in total. The van der Waals surface area contributed by atoms with E-state index in [1.165, 1.54) is 0 Å². The van der Waals surface area contributed by atoms with E-state index in [2.05, 4.69) is 39.4 Å². The number of nitrogens with one attached hydrogen (secondary N) is 1. The third-order valence-electron chi connectivity index (χ3n) is 4.87. The van der Waals surface area contributed by atoms with Gasteiger partial charge in [-0.2, -0.15) is 0 Å². The third kappa shape index (κ3) is 5.86. The fourth-order valence-corrected chi connectivity index (χ4v) is 3.93. The lowest BCUT2D eigenvalue weighted by atomic mass is 10.0. The van der Waals surface area contributed by atoms with Gasteiger partial charge in [0.2, 0.25) is 0 Å². The third-order valence-corrected chi connectivity index (χ3v) is 5.81. The maximum atomic E-state index is 12.3. The molecular formula is C23H30BrNO4. The summed E-state index contributed by atoms with van der Waals surface area (Å²) in [5.74, 6) is 0.852. The van der Waals surface area contributed by atoms with E-state index in [4.69, 9.17) is 14.2 Å². The highest BCUT2D eigenvalue weighted by Crippen LogP contribution is 2.46. The second-order valence-electron chi connectivity index (χ2n) is 8.71. The van der Waals surface area contributed by atoms with Gasteiger partial charge in [0.05, 0.1) is 6.61 Å². The predicted molar refractivity (Wildman–Crippen MR) is 119 cm³/mol. The van der Waals surface area contributed by atoms with Gasteiger partial charge in [0.15, 0.2) is 0 Å². The van der Waals surface area contributed by atoms with Crippen LogP contribution in [0.4, 0.5) is 4.79 Å². The van der Waals surface area contributed by atoms with Gasteiger partial charge in [-0.15, -0.1) is 0 Å². The van der Waals surface area contributed by atoms with Gasteiger partial charge in [-0.25, -0.2) is 4.79 Å². The summed E-state index contributed by atoms with van der Waals surface area (Å²) < 4.78 is 18.0. The van der Waals surface area contributed by atoms with E-state index in [0.29, 0.717) is 19.6 Å². The van der Waals surface area contributed by atoms with E-state index in [1.54, 1.807) is 7.11 Å². The van der Waals surface area contributed by atoms with Crippen molar-refractivity contribution >= 4 is 32.8 Å². The number of methoxy groups -OCH3 is 1. The first-order valence-corrected chi connectivity index (χ1v) is 10.9. The number of amides is 1. The summed E-state index contributed by atoms with van der Waals surface area (Å²) in [4.78, 5) is 12.3. The molecule has 1 aliphatic carbocycles. The van der Waals surface area contributed by atoms with Crippen LogP contribution < -0.4 is 10.1 Å². The fraction of sp³-hybridized carbons (Fsp3) is 0.522. The summed E-state index contributed by atoms with van der Waals surface area (Å²) >= 11 is 3.77. The number of ether oxygens (including phenoxy) is 3. The van der Waals surface area contributed by atoms with E-state index < -0.39 is 5.60 Å².